The van der Waals surface area contributed by atoms with Crippen LogP contribution in [0.25, 0.3) is 0 Å². The summed E-state index contributed by atoms with van der Waals surface area (Å²) >= 11 is 0. The molecule has 4 nitrogen and oxygen atoms in total. The topological polar surface area (TPSA) is 72.2 Å². The van der Waals surface area contributed by atoms with Crippen molar-refractivity contribution in [3.8, 4) is 0 Å². The van der Waals surface area contributed by atoms with Crippen LogP contribution in [0.3, 0.4) is 0 Å². The predicted octanol–water partition coefficient (Wildman–Crippen LogP) is 1.18. The van der Waals surface area contributed by atoms with Crippen LogP contribution in [0.15, 0.2) is 30.3 Å². The van der Waals surface area contributed by atoms with Crippen molar-refractivity contribution in [2.45, 2.75) is 19.9 Å². The average Bonchev–Trinajstić information content (AvgIpc) is 2.28. The van der Waals surface area contributed by atoms with E-state index < -0.39 is 11.9 Å². The summed E-state index contributed by atoms with van der Waals surface area (Å²) in [4.78, 5) is 23.1. The van der Waals surface area contributed by atoms with Crippen LogP contribution in [0.2, 0.25) is 0 Å². The Morgan fingerprint density at radius 2 is 1.75 bits per heavy atom. The third-order valence-corrected chi connectivity index (χ3v) is 2.20. The monoisotopic (exact) mass is 220 g/mol. The number of carbonyl (C=O) groups excluding carboxylic acids is 2. The molecule has 0 aliphatic heterocycles. The van der Waals surface area contributed by atoms with E-state index in [0.717, 1.165) is 0 Å². The molecule has 0 aromatic heterocycles. The average molecular weight is 220 g/mol. The van der Waals surface area contributed by atoms with Gasteiger partial charge in [-0.3, -0.25) is 9.59 Å². The van der Waals surface area contributed by atoms with Gasteiger partial charge < -0.3 is 11.1 Å². The first-order valence-corrected chi connectivity index (χ1v) is 5.17. The molecule has 1 rings (SSSR count). The zero-order chi connectivity index (χ0) is 12.1. The van der Waals surface area contributed by atoms with E-state index in [9.17, 15) is 9.59 Å². The van der Waals surface area contributed by atoms with Crippen molar-refractivity contribution >= 4 is 17.4 Å². The van der Waals surface area contributed by atoms with Crippen molar-refractivity contribution < 1.29 is 9.59 Å². The van der Waals surface area contributed by atoms with Gasteiger partial charge >= 0.3 is 0 Å². The second-order valence-corrected chi connectivity index (χ2v) is 3.89. The second-order valence-electron chi connectivity index (χ2n) is 3.89. The summed E-state index contributed by atoms with van der Waals surface area (Å²) in [5, 5.41) is 2.59. The van der Waals surface area contributed by atoms with Gasteiger partial charge in [0, 0.05) is 11.6 Å². The smallest absolute Gasteiger partial charge is 0.248 e. The summed E-state index contributed by atoms with van der Waals surface area (Å²) in [6, 6.07) is 7.82. The Hall–Kier alpha value is -1.68. The summed E-state index contributed by atoms with van der Waals surface area (Å²) in [6.07, 6.45) is 0. The number of nitrogens with two attached hydrogens (primary N) is 1. The molecular formula is C12H16N2O2. The molecule has 0 aliphatic rings. The van der Waals surface area contributed by atoms with Crippen LogP contribution in [0.1, 0.15) is 13.8 Å². The van der Waals surface area contributed by atoms with Gasteiger partial charge in [-0.15, -0.1) is 0 Å². The minimum Gasteiger partial charge on any atom is -0.324 e. The summed E-state index contributed by atoms with van der Waals surface area (Å²) in [6.45, 7) is 3.44. The highest BCUT2D eigenvalue weighted by atomic mass is 16.2. The summed E-state index contributed by atoms with van der Waals surface area (Å²) in [7, 11) is 0. The number of carbonyl (C=O) groups is 2. The van der Waals surface area contributed by atoms with E-state index in [-0.39, 0.29) is 11.7 Å². The second kappa shape index (κ2) is 5.42. The van der Waals surface area contributed by atoms with Crippen LogP contribution < -0.4 is 11.1 Å². The van der Waals surface area contributed by atoms with E-state index in [1.54, 1.807) is 38.1 Å². The first-order chi connectivity index (χ1) is 7.52. The number of nitrogens with one attached hydrogen (secondary N) is 1. The van der Waals surface area contributed by atoms with Gasteiger partial charge in [-0.2, -0.15) is 0 Å². The molecule has 1 aromatic carbocycles. The zero-order valence-corrected chi connectivity index (χ0v) is 9.44. The van der Waals surface area contributed by atoms with Crippen molar-refractivity contribution in [1.82, 2.24) is 0 Å². The highest BCUT2D eigenvalue weighted by molar-refractivity contribution is 6.11. The molecule has 3 N–H and O–H groups in total. The maximum absolute atomic E-state index is 11.6. The molecule has 1 unspecified atom stereocenters. The fraction of sp³-hybridized carbons (Fsp3) is 0.333. The molecule has 1 atom stereocenters. The van der Waals surface area contributed by atoms with Crippen LogP contribution in [0.5, 0.6) is 0 Å². The number of para-hydroxylation sites is 1. The summed E-state index contributed by atoms with van der Waals surface area (Å²) < 4.78 is 0. The van der Waals surface area contributed by atoms with Gasteiger partial charge in [0.2, 0.25) is 5.91 Å². The lowest BCUT2D eigenvalue weighted by Crippen LogP contribution is -2.44. The van der Waals surface area contributed by atoms with Crippen molar-refractivity contribution in [1.29, 1.82) is 0 Å². The van der Waals surface area contributed by atoms with Gasteiger partial charge in [-0.05, 0) is 12.1 Å². The molecule has 0 aliphatic carbocycles. The van der Waals surface area contributed by atoms with Crippen LogP contribution in [-0.2, 0) is 9.59 Å². The van der Waals surface area contributed by atoms with Gasteiger partial charge in [0.1, 0.15) is 6.04 Å². The number of hydrogen-bond acceptors (Lipinski definition) is 3. The molecule has 1 amide bonds. The van der Waals surface area contributed by atoms with Crippen LogP contribution >= 0.6 is 0 Å². The third-order valence-electron chi connectivity index (χ3n) is 2.20. The van der Waals surface area contributed by atoms with Crippen molar-refractivity contribution in [2.24, 2.45) is 11.7 Å². The minimum absolute atomic E-state index is 0.239. The maximum atomic E-state index is 11.6. The molecular weight excluding hydrogens is 204 g/mol. The number of hydrogen-bond donors (Lipinski definition) is 2. The number of anilines is 1. The van der Waals surface area contributed by atoms with Gasteiger partial charge in [-0.25, -0.2) is 0 Å². The Morgan fingerprint density at radius 3 is 2.25 bits per heavy atom. The van der Waals surface area contributed by atoms with Crippen molar-refractivity contribution in [2.75, 3.05) is 5.32 Å². The number of rotatable bonds is 4. The summed E-state index contributed by atoms with van der Waals surface area (Å²) in [5.41, 5.74) is 6.19. The molecule has 0 saturated carbocycles. The minimum atomic E-state index is -1.10. The first kappa shape index (κ1) is 12.4. The Kier molecular flexibility index (Phi) is 4.19. The van der Waals surface area contributed by atoms with E-state index in [1.807, 2.05) is 6.07 Å². The Labute approximate surface area is 94.8 Å². The van der Waals surface area contributed by atoms with Gasteiger partial charge in [0.25, 0.3) is 0 Å². The molecule has 0 bridgehead atoms. The maximum Gasteiger partial charge on any atom is 0.248 e. The molecule has 0 fully saturated rings. The largest absolute Gasteiger partial charge is 0.324 e. The molecule has 16 heavy (non-hydrogen) atoms. The third kappa shape index (κ3) is 3.17. The number of amides is 1. The Balaban J connectivity index is 2.63. The Morgan fingerprint density at radius 1 is 1.19 bits per heavy atom. The molecule has 4 heteroatoms. The first-order valence-electron chi connectivity index (χ1n) is 5.17. The number of ketones is 1. The SMILES string of the molecule is CC(C)C(=O)C(N)C(=O)Nc1ccccc1. The van der Waals surface area contributed by atoms with Gasteiger partial charge in [-0.1, -0.05) is 32.0 Å². The molecule has 0 heterocycles. The van der Waals surface area contributed by atoms with E-state index >= 15 is 0 Å². The molecule has 86 valence electrons. The predicted molar refractivity (Wildman–Crippen MR) is 62.9 cm³/mol. The number of Topliss-reactive ketones (excluding diaryl/α,β-unsaturated/α-hetero) is 1. The Bertz CT molecular complexity index is 374. The van der Waals surface area contributed by atoms with E-state index in [0.29, 0.717) is 5.69 Å². The lowest BCUT2D eigenvalue weighted by molar-refractivity contribution is -0.129. The van der Waals surface area contributed by atoms with E-state index in [2.05, 4.69) is 5.32 Å². The van der Waals surface area contributed by atoms with Crippen LogP contribution in [0, 0.1) is 5.92 Å². The molecule has 0 saturated heterocycles. The lowest BCUT2D eigenvalue weighted by atomic mass is 10.0. The lowest BCUT2D eigenvalue weighted by Gasteiger charge is -2.13. The summed E-state index contributed by atoms with van der Waals surface area (Å²) in [5.74, 6) is -0.963. The quantitative estimate of drug-likeness (QED) is 0.748. The standard InChI is InChI=1S/C12H16N2O2/c1-8(2)11(15)10(13)12(16)14-9-6-4-3-5-7-9/h3-8,10H,13H2,1-2H3,(H,14,16). The normalized spacial score (nSPS) is 12.2. The van der Waals surface area contributed by atoms with E-state index in [1.165, 1.54) is 0 Å². The van der Waals surface area contributed by atoms with E-state index in [4.69, 9.17) is 5.73 Å². The van der Waals surface area contributed by atoms with Gasteiger partial charge in [0.15, 0.2) is 5.78 Å². The van der Waals surface area contributed by atoms with Gasteiger partial charge in [0.05, 0.1) is 0 Å². The molecule has 0 spiro atoms. The molecule has 0 radical (unpaired) electrons. The number of benzene rings is 1. The van der Waals surface area contributed by atoms with Crippen LogP contribution in [-0.4, -0.2) is 17.7 Å². The van der Waals surface area contributed by atoms with Crippen LogP contribution in [0.4, 0.5) is 5.69 Å². The molecule has 1 aromatic rings. The van der Waals surface area contributed by atoms with Crippen molar-refractivity contribution in [3.05, 3.63) is 30.3 Å². The van der Waals surface area contributed by atoms with Crippen molar-refractivity contribution in [3.63, 3.8) is 0 Å². The zero-order valence-electron chi connectivity index (χ0n) is 9.44. The highest BCUT2D eigenvalue weighted by Crippen LogP contribution is 2.06. The highest BCUT2D eigenvalue weighted by Gasteiger charge is 2.24. The fourth-order valence-corrected chi connectivity index (χ4v) is 1.23. The fourth-order valence-electron chi connectivity index (χ4n) is 1.23.